The average Bonchev–Trinajstić information content (AvgIpc) is 2.90. The van der Waals surface area contributed by atoms with Crippen LogP contribution in [0.1, 0.15) is 12.5 Å². The van der Waals surface area contributed by atoms with Gasteiger partial charge in [0, 0.05) is 22.9 Å². The highest BCUT2D eigenvalue weighted by molar-refractivity contribution is 7.99. The van der Waals surface area contributed by atoms with E-state index < -0.39 is 11.7 Å². The van der Waals surface area contributed by atoms with Crippen LogP contribution in [0.4, 0.5) is 13.2 Å². The number of aromatic nitrogens is 2. The third-order valence-corrected chi connectivity index (χ3v) is 4.20. The maximum Gasteiger partial charge on any atom is 0.417 e. The van der Waals surface area contributed by atoms with Crippen LogP contribution in [-0.4, -0.2) is 15.1 Å². The van der Waals surface area contributed by atoms with Crippen molar-refractivity contribution < 1.29 is 13.2 Å². The number of halogens is 3. The van der Waals surface area contributed by atoms with Gasteiger partial charge in [-0.1, -0.05) is 25.1 Å². The van der Waals surface area contributed by atoms with Gasteiger partial charge in [-0.3, -0.25) is 0 Å². The summed E-state index contributed by atoms with van der Waals surface area (Å²) in [7, 11) is 0. The van der Waals surface area contributed by atoms with Crippen molar-refractivity contribution in [1.82, 2.24) is 9.38 Å². The van der Waals surface area contributed by atoms with Crippen LogP contribution < -0.4 is 0 Å². The molecule has 0 aliphatic rings. The Bertz CT molecular complexity index is 809. The number of alkyl halides is 3. The molecule has 0 saturated heterocycles. The number of pyridine rings is 1. The number of benzene rings is 1. The second kappa shape index (κ2) is 5.68. The zero-order valence-corrected chi connectivity index (χ0v) is 12.6. The molecule has 1 aromatic carbocycles. The van der Waals surface area contributed by atoms with Gasteiger partial charge in [-0.2, -0.15) is 13.2 Å². The Balaban J connectivity index is 2.09. The van der Waals surface area contributed by atoms with Gasteiger partial charge in [-0.05, 0) is 24.0 Å². The molecule has 2 heterocycles. The Hall–Kier alpha value is -1.95. The third kappa shape index (κ3) is 2.83. The van der Waals surface area contributed by atoms with Crippen molar-refractivity contribution in [1.29, 1.82) is 0 Å². The fraction of sp³-hybridized carbons (Fsp3) is 0.188. The first-order chi connectivity index (χ1) is 10.5. The van der Waals surface area contributed by atoms with Gasteiger partial charge in [0.1, 0.15) is 5.65 Å². The molecule has 0 amide bonds. The smallest absolute Gasteiger partial charge is 0.306 e. The lowest BCUT2D eigenvalue weighted by Crippen LogP contribution is -2.05. The van der Waals surface area contributed by atoms with E-state index in [1.165, 1.54) is 10.5 Å². The van der Waals surface area contributed by atoms with Crippen molar-refractivity contribution in [3.63, 3.8) is 0 Å². The van der Waals surface area contributed by atoms with E-state index in [0.717, 1.165) is 28.5 Å². The average molecular weight is 322 g/mol. The minimum atomic E-state index is -4.35. The second-order valence-electron chi connectivity index (χ2n) is 4.74. The molecule has 2 aromatic heterocycles. The van der Waals surface area contributed by atoms with Crippen LogP contribution in [0, 0.1) is 0 Å². The van der Waals surface area contributed by atoms with Crippen LogP contribution in [0.25, 0.3) is 16.9 Å². The summed E-state index contributed by atoms with van der Waals surface area (Å²) in [5, 5.41) is 0. The largest absolute Gasteiger partial charge is 0.417 e. The predicted molar refractivity (Wildman–Crippen MR) is 82.0 cm³/mol. The summed E-state index contributed by atoms with van der Waals surface area (Å²) in [6.45, 7) is 2.06. The van der Waals surface area contributed by atoms with Crippen LogP contribution >= 0.6 is 11.8 Å². The monoisotopic (exact) mass is 322 g/mol. The van der Waals surface area contributed by atoms with Crippen LogP contribution in [0.5, 0.6) is 0 Å². The molecule has 0 unspecified atom stereocenters. The number of fused-ring (bicyclic) bond motifs is 1. The first-order valence-corrected chi connectivity index (χ1v) is 7.76. The van der Waals surface area contributed by atoms with Crippen molar-refractivity contribution in [3.8, 4) is 11.3 Å². The first-order valence-electron chi connectivity index (χ1n) is 6.77. The van der Waals surface area contributed by atoms with E-state index in [1.807, 2.05) is 24.3 Å². The van der Waals surface area contributed by atoms with Crippen LogP contribution in [-0.2, 0) is 6.18 Å². The van der Waals surface area contributed by atoms with Gasteiger partial charge in [0.05, 0.1) is 11.3 Å². The summed E-state index contributed by atoms with van der Waals surface area (Å²) in [6.07, 6.45) is -1.64. The Kier molecular flexibility index (Phi) is 3.87. The van der Waals surface area contributed by atoms with Crippen molar-refractivity contribution in [2.45, 2.75) is 18.0 Å². The molecule has 0 radical (unpaired) electrons. The van der Waals surface area contributed by atoms with E-state index in [1.54, 1.807) is 18.0 Å². The number of hydrogen-bond acceptors (Lipinski definition) is 2. The van der Waals surface area contributed by atoms with Crippen LogP contribution in [0.15, 0.2) is 53.7 Å². The van der Waals surface area contributed by atoms with Crippen molar-refractivity contribution in [2.75, 3.05) is 5.75 Å². The van der Waals surface area contributed by atoms with Crippen LogP contribution in [0.2, 0.25) is 0 Å². The van der Waals surface area contributed by atoms with E-state index >= 15 is 0 Å². The van der Waals surface area contributed by atoms with E-state index in [4.69, 9.17) is 0 Å². The number of nitrogens with zero attached hydrogens (tertiary/aromatic N) is 2. The molecular weight excluding hydrogens is 309 g/mol. The fourth-order valence-corrected chi connectivity index (χ4v) is 3.06. The molecule has 0 fully saturated rings. The van der Waals surface area contributed by atoms with E-state index in [0.29, 0.717) is 11.3 Å². The molecule has 22 heavy (non-hydrogen) atoms. The molecule has 0 aliphatic carbocycles. The lowest BCUT2D eigenvalue weighted by Gasteiger charge is -2.06. The standard InChI is InChI=1S/C16H13F3N2S/c1-2-22-14-6-4-3-5-12(14)13-10-21-9-11(16(17,18)19)7-8-15(21)20-13/h3-10H,2H2,1H3. The maximum atomic E-state index is 12.8. The summed E-state index contributed by atoms with van der Waals surface area (Å²) < 4.78 is 39.7. The molecule has 0 saturated carbocycles. The number of rotatable bonds is 3. The summed E-state index contributed by atoms with van der Waals surface area (Å²) in [6, 6.07) is 10.2. The van der Waals surface area contributed by atoms with E-state index in [2.05, 4.69) is 11.9 Å². The highest BCUT2D eigenvalue weighted by atomic mass is 32.2. The van der Waals surface area contributed by atoms with Gasteiger partial charge < -0.3 is 4.40 Å². The Morgan fingerprint density at radius 2 is 1.86 bits per heavy atom. The Morgan fingerprint density at radius 1 is 1.09 bits per heavy atom. The van der Waals surface area contributed by atoms with Gasteiger partial charge in [0.15, 0.2) is 0 Å². The predicted octanol–water partition coefficient (Wildman–Crippen LogP) is 5.13. The topological polar surface area (TPSA) is 17.3 Å². The summed E-state index contributed by atoms with van der Waals surface area (Å²) in [5.74, 6) is 0.919. The van der Waals surface area contributed by atoms with Crippen molar-refractivity contribution >= 4 is 17.4 Å². The van der Waals surface area contributed by atoms with Gasteiger partial charge in [-0.25, -0.2) is 4.98 Å². The zero-order valence-electron chi connectivity index (χ0n) is 11.8. The molecule has 0 bridgehead atoms. The lowest BCUT2D eigenvalue weighted by atomic mass is 10.2. The first kappa shape index (κ1) is 15.0. The van der Waals surface area contributed by atoms with Gasteiger partial charge in [0.25, 0.3) is 0 Å². The summed E-state index contributed by atoms with van der Waals surface area (Å²) in [4.78, 5) is 5.50. The van der Waals surface area contributed by atoms with Gasteiger partial charge >= 0.3 is 6.18 Å². The fourth-order valence-electron chi connectivity index (χ4n) is 2.25. The molecule has 114 valence electrons. The Morgan fingerprint density at radius 3 is 2.59 bits per heavy atom. The number of imidazole rings is 1. The minimum absolute atomic E-state index is 0.499. The maximum absolute atomic E-state index is 12.8. The molecule has 0 atom stereocenters. The number of hydrogen-bond donors (Lipinski definition) is 0. The molecule has 0 N–H and O–H groups in total. The molecule has 0 aliphatic heterocycles. The van der Waals surface area contributed by atoms with Gasteiger partial charge in [-0.15, -0.1) is 11.8 Å². The summed E-state index contributed by atoms with van der Waals surface area (Å²) in [5.41, 5.74) is 1.43. The van der Waals surface area contributed by atoms with E-state index in [9.17, 15) is 13.2 Å². The quantitative estimate of drug-likeness (QED) is 0.622. The Labute approximate surface area is 130 Å². The molecule has 0 spiro atoms. The molecule has 6 heteroatoms. The molecule has 3 aromatic rings. The molecule has 2 nitrogen and oxygen atoms in total. The third-order valence-electron chi connectivity index (χ3n) is 3.24. The molecular formula is C16H13F3N2S. The zero-order chi connectivity index (χ0) is 15.7. The minimum Gasteiger partial charge on any atom is -0.306 e. The van der Waals surface area contributed by atoms with Crippen molar-refractivity contribution in [2.24, 2.45) is 0 Å². The van der Waals surface area contributed by atoms with E-state index in [-0.39, 0.29) is 0 Å². The summed E-state index contributed by atoms with van der Waals surface area (Å²) >= 11 is 1.68. The van der Waals surface area contributed by atoms with Crippen molar-refractivity contribution in [3.05, 3.63) is 54.4 Å². The second-order valence-corrected chi connectivity index (χ2v) is 6.04. The SMILES string of the molecule is CCSc1ccccc1-c1cn2cc(C(F)(F)F)ccc2n1. The lowest BCUT2D eigenvalue weighted by molar-refractivity contribution is -0.137. The van der Waals surface area contributed by atoms with Gasteiger partial charge in [0.2, 0.25) is 0 Å². The highest BCUT2D eigenvalue weighted by Gasteiger charge is 2.30. The number of thioether (sulfide) groups is 1. The highest BCUT2D eigenvalue weighted by Crippen LogP contribution is 2.32. The normalized spacial score (nSPS) is 12.0. The van der Waals surface area contributed by atoms with Crippen LogP contribution in [0.3, 0.4) is 0 Å². The molecule has 3 rings (SSSR count).